The van der Waals surface area contributed by atoms with Crippen molar-refractivity contribution in [1.29, 1.82) is 0 Å². The number of aromatic amines is 4. The first-order chi connectivity index (χ1) is 22.4. The number of carbonyl (C=O) groups excluding carboxylic acids is 3. The maximum Gasteiger partial charge on any atom is 2.00 e. The van der Waals surface area contributed by atoms with E-state index in [1.165, 1.54) is 19.0 Å². The quantitative estimate of drug-likeness (QED) is 0.0927. The zero-order valence-electron chi connectivity index (χ0n) is 25.9. The minimum Gasteiger partial charge on any atom is -0.543 e. The number of nitrogens with two attached hydrogens (primary N) is 2. The van der Waals surface area contributed by atoms with Crippen molar-refractivity contribution < 1.29 is 116 Å². The van der Waals surface area contributed by atoms with Gasteiger partial charge in [0.25, 0.3) is 11.1 Å². The molecule has 1 aliphatic carbocycles. The van der Waals surface area contributed by atoms with Crippen molar-refractivity contribution >= 4 is 29.5 Å². The van der Waals surface area contributed by atoms with Gasteiger partial charge in [-0.05, 0) is 25.7 Å². The number of carboxylic acids is 3. The number of carbonyl (C=O) groups is 3. The second-order valence-corrected chi connectivity index (χ2v) is 9.87. The van der Waals surface area contributed by atoms with Crippen molar-refractivity contribution in [3.8, 4) is 5.75 Å². The SMILES string of the molecule is N[C@@H]1CCCC[C@H]1N.O=C([O-])C(=O)[O-].O=C([O-])c1nc(=O)[nH]c(=O)[nH]1.O=c1[nH]c(=O)n(C2CCCO2)cc1F.O=c1cc(O)c(Cl)c[nH]1.[K+].[Pt+2]. The monoisotopic (exact) mass is 937 g/mol. The summed E-state index contributed by atoms with van der Waals surface area (Å²) in [5.74, 6) is -8.02. The number of aromatic hydroxyl groups is 1. The third-order valence-corrected chi connectivity index (χ3v) is 6.20. The smallest absolute Gasteiger partial charge is 0.543 e. The summed E-state index contributed by atoms with van der Waals surface area (Å²) in [6, 6.07) is 1.58. The van der Waals surface area contributed by atoms with Gasteiger partial charge >= 0.3 is 89.5 Å². The number of aromatic carboxylic acids is 1. The van der Waals surface area contributed by atoms with Gasteiger partial charge in [0.1, 0.15) is 17.9 Å². The summed E-state index contributed by atoms with van der Waals surface area (Å²) in [6.07, 6.45) is 7.96. The van der Waals surface area contributed by atoms with E-state index in [-0.39, 0.29) is 101 Å². The zero-order chi connectivity index (χ0) is 36.6. The number of halogens is 2. The number of rotatable bonds is 2. The molecule has 4 heterocycles. The van der Waals surface area contributed by atoms with E-state index < -0.39 is 58.4 Å². The van der Waals surface area contributed by atoms with E-state index in [1.54, 1.807) is 9.97 Å². The molecule has 25 heteroatoms. The minimum absolute atomic E-state index is 0. The summed E-state index contributed by atoms with van der Waals surface area (Å²) in [5, 5.41) is 36.8. The van der Waals surface area contributed by atoms with Crippen LogP contribution >= 0.6 is 11.6 Å². The molecule has 1 saturated carbocycles. The van der Waals surface area contributed by atoms with E-state index in [0.29, 0.717) is 13.0 Å². The molecule has 1 unspecified atom stereocenters. The number of hydrogen-bond acceptors (Lipinski definition) is 16. The molecule has 21 nitrogen and oxygen atoms in total. The molecule has 1 aliphatic heterocycles. The molecule has 0 radical (unpaired) electrons. The summed E-state index contributed by atoms with van der Waals surface area (Å²) in [4.78, 5) is 91.4. The molecule has 50 heavy (non-hydrogen) atoms. The average Bonchev–Trinajstić information content (AvgIpc) is 3.54. The van der Waals surface area contributed by atoms with Crippen LogP contribution in [0.15, 0.2) is 42.4 Å². The Kier molecular flexibility index (Phi) is 24.4. The molecule has 2 fully saturated rings. The number of aromatic nitrogens is 6. The van der Waals surface area contributed by atoms with Crippen LogP contribution in [-0.2, 0) is 35.4 Å². The molecule has 3 aromatic heterocycles. The predicted octanol–water partition coefficient (Wildman–Crippen LogP) is -8.76. The molecule has 1 saturated heterocycles. The molecule has 5 rings (SSSR count). The first kappa shape index (κ1) is 49.0. The topological polar surface area (TPSA) is 368 Å². The Balaban J connectivity index is 0. The van der Waals surface area contributed by atoms with E-state index in [9.17, 15) is 38.3 Å². The molecule has 3 atom stereocenters. The van der Waals surface area contributed by atoms with Crippen LogP contribution in [0.1, 0.15) is 55.4 Å². The molecule has 2 aliphatic rings. The molecule has 0 aromatic carbocycles. The number of nitrogens with zero attached hydrogens (tertiary/aromatic N) is 2. The molecule has 9 N–H and O–H groups in total. The largest absolute Gasteiger partial charge is 2.00 e. The number of nitrogens with one attached hydrogen (secondary N) is 4. The average molecular weight is 938 g/mol. The molecule has 0 spiro atoms. The predicted molar refractivity (Wildman–Crippen MR) is 153 cm³/mol. The van der Waals surface area contributed by atoms with E-state index in [2.05, 4.69) is 9.97 Å². The molecule has 0 bridgehead atoms. The Morgan fingerprint density at radius 2 is 1.52 bits per heavy atom. The van der Waals surface area contributed by atoms with Crippen molar-refractivity contribution in [3.05, 3.63) is 87.3 Å². The van der Waals surface area contributed by atoms with E-state index in [0.717, 1.165) is 36.1 Å². The van der Waals surface area contributed by atoms with Gasteiger partial charge in [-0.15, -0.1) is 0 Å². The summed E-state index contributed by atoms with van der Waals surface area (Å²) >= 11 is 5.36. The van der Waals surface area contributed by atoms with Gasteiger partial charge in [-0.2, -0.15) is 9.37 Å². The summed E-state index contributed by atoms with van der Waals surface area (Å²) in [6.45, 7) is 0.553. The zero-order valence-corrected chi connectivity index (χ0v) is 32.0. The normalized spacial score (nSPS) is 17.0. The van der Waals surface area contributed by atoms with Gasteiger partial charge in [-0.3, -0.25) is 29.1 Å². The third-order valence-electron chi connectivity index (χ3n) is 5.89. The van der Waals surface area contributed by atoms with E-state index in [4.69, 9.17) is 52.7 Å². The molecule has 3 aromatic rings. The van der Waals surface area contributed by atoms with Gasteiger partial charge in [0, 0.05) is 31.0 Å². The first-order valence-electron chi connectivity index (χ1n) is 13.5. The van der Waals surface area contributed by atoms with Gasteiger partial charge in [0.15, 0.2) is 5.82 Å². The number of H-pyrrole nitrogens is 4. The standard InChI is InChI=1S/C8H9FN2O3.C6H14N2.C5H4ClNO2.C4H3N3O4.C2H2O4.K.Pt/c9-5-4-11(6-2-1-3-14-6)8(13)10-7(5)12;7-5-3-1-2-4-6(5)8;6-3-2-7-5(9)1-4(3)8;8-2(9)1-5-3(10)7-4(11)6-1;3-1(4)2(5)6;;/h4,6H,1-3H2,(H,10,12,13);5-6H,1-4,7-8H2;1-2H,(H2,7,8,9);(H,8,9)(H2,5,6,7,10,11);(H,3,4)(H,5,6);;/q;;;;;+1;+2/p-3/t;5-,6-;;;;;/m.1...../s1. The molecular formula is C25H29ClFKN8O13Pt. The summed E-state index contributed by atoms with van der Waals surface area (Å²) < 4.78 is 19.1. The van der Waals surface area contributed by atoms with E-state index >= 15 is 0 Å². The van der Waals surface area contributed by atoms with Crippen LogP contribution in [0.25, 0.3) is 0 Å². The molecule has 0 amide bonds. The Hall–Kier alpha value is -3.13. The van der Waals surface area contributed by atoms with Gasteiger partial charge in [0.2, 0.25) is 5.82 Å². The number of ether oxygens (including phenoxy) is 1. The van der Waals surface area contributed by atoms with Crippen molar-refractivity contribution in [2.45, 2.75) is 56.8 Å². The Morgan fingerprint density at radius 3 is 1.92 bits per heavy atom. The number of aliphatic carboxylic acids is 2. The third kappa shape index (κ3) is 18.8. The van der Waals surface area contributed by atoms with Crippen LogP contribution in [0.2, 0.25) is 5.02 Å². The van der Waals surface area contributed by atoms with Gasteiger partial charge in [0.05, 0.1) is 23.2 Å². The van der Waals surface area contributed by atoms with E-state index in [1.807, 2.05) is 4.98 Å². The minimum atomic E-state index is -2.19. The number of pyridine rings is 1. The first-order valence-corrected chi connectivity index (χ1v) is 13.9. The van der Waals surface area contributed by atoms with Crippen molar-refractivity contribution in [2.75, 3.05) is 6.61 Å². The fourth-order valence-electron chi connectivity index (χ4n) is 3.58. The van der Waals surface area contributed by atoms with Crippen molar-refractivity contribution in [2.24, 2.45) is 11.5 Å². The van der Waals surface area contributed by atoms with Crippen LogP contribution in [0, 0.1) is 5.82 Å². The Morgan fingerprint density at radius 1 is 0.960 bits per heavy atom. The fourth-order valence-corrected chi connectivity index (χ4v) is 3.69. The van der Waals surface area contributed by atoms with Crippen LogP contribution in [0.4, 0.5) is 4.39 Å². The maximum atomic E-state index is 12.9. The molecular weight excluding hydrogens is 909 g/mol. The van der Waals surface area contributed by atoms with Gasteiger partial charge in [-0.25, -0.2) is 14.4 Å². The summed E-state index contributed by atoms with van der Waals surface area (Å²) in [5.41, 5.74) is 7.36. The number of carboxylic acid groups (broad SMARTS) is 3. The van der Waals surface area contributed by atoms with Crippen molar-refractivity contribution in [1.82, 2.24) is 29.5 Å². The number of hydrogen-bond donors (Lipinski definition) is 7. The summed E-state index contributed by atoms with van der Waals surface area (Å²) in [7, 11) is 0. The second kappa shape index (κ2) is 24.9. The van der Waals surface area contributed by atoms with Crippen LogP contribution < -0.4 is 106 Å². The van der Waals surface area contributed by atoms with Gasteiger partial charge < -0.3 is 56.0 Å². The van der Waals surface area contributed by atoms with Gasteiger partial charge in [-0.1, -0.05) is 24.4 Å². The Bertz CT molecular complexity index is 1800. The second-order valence-electron chi connectivity index (χ2n) is 9.46. The van der Waals surface area contributed by atoms with Crippen LogP contribution in [-0.4, -0.2) is 71.2 Å². The van der Waals surface area contributed by atoms with Crippen LogP contribution in [0.3, 0.4) is 0 Å². The van der Waals surface area contributed by atoms with Crippen molar-refractivity contribution in [3.63, 3.8) is 0 Å². The molecule has 272 valence electrons. The fraction of sp³-hybridized carbons (Fsp3) is 0.400. The Labute approximate surface area is 340 Å². The maximum absolute atomic E-state index is 12.9. The van der Waals surface area contributed by atoms with Crippen LogP contribution in [0.5, 0.6) is 5.75 Å².